The van der Waals surface area contributed by atoms with Gasteiger partial charge < -0.3 is 15.3 Å². The quantitative estimate of drug-likeness (QED) is 0.721. The van der Waals surface area contributed by atoms with Gasteiger partial charge in [0.05, 0.1) is 12.2 Å². The summed E-state index contributed by atoms with van der Waals surface area (Å²) in [6.07, 6.45) is 3.63. The maximum absolute atomic E-state index is 10.7. The van der Waals surface area contributed by atoms with Gasteiger partial charge in [0, 0.05) is 12.0 Å². The number of aliphatic hydroxyl groups is 3. The summed E-state index contributed by atoms with van der Waals surface area (Å²) in [6.45, 7) is 6.63. The summed E-state index contributed by atoms with van der Waals surface area (Å²) >= 11 is 0. The molecule has 0 aliphatic heterocycles. The van der Waals surface area contributed by atoms with Gasteiger partial charge in [-0.2, -0.15) is 0 Å². The minimum atomic E-state index is -0.937. The van der Waals surface area contributed by atoms with Crippen molar-refractivity contribution in [3.63, 3.8) is 0 Å². The largest absolute Gasteiger partial charge is 0.396 e. The molecule has 2 aliphatic rings. The van der Waals surface area contributed by atoms with Crippen LogP contribution in [0.4, 0.5) is 0 Å². The van der Waals surface area contributed by atoms with Crippen LogP contribution in [0.5, 0.6) is 0 Å². The van der Waals surface area contributed by atoms with Gasteiger partial charge >= 0.3 is 0 Å². The molecule has 106 valence electrons. The highest BCUT2D eigenvalue weighted by molar-refractivity contribution is 5.10. The summed E-state index contributed by atoms with van der Waals surface area (Å²) in [4.78, 5) is 0. The first-order valence-electron chi connectivity index (χ1n) is 7.33. The van der Waals surface area contributed by atoms with Crippen molar-refractivity contribution in [3.8, 4) is 0 Å². The van der Waals surface area contributed by atoms with Crippen LogP contribution in [0.1, 0.15) is 46.5 Å². The van der Waals surface area contributed by atoms with Gasteiger partial charge in [0.2, 0.25) is 0 Å². The van der Waals surface area contributed by atoms with Gasteiger partial charge in [-0.15, -0.1) is 0 Å². The third-order valence-electron chi connectivity index (χ3n) is 6.14. The minimum Gasteiger partial charge on any atom is -0.396 e. The first-order chi connectivity index (χ1) is 8.39. The Kier molecular flexibility index (Phi) is 3.79. The van der Waals surface area contributed by atoms with Crippen molar-refractivity contribution in [2.24, 2.45) is 29.1 Å². The summed E-state index contributed by atoms with van der Waals surface area (Å²) in [5, 5.41) is 30.0. The predicted molar refractivity (Wildman–Crippen MR) is 71.0 cm³/mol. The van der Waals surface area contributed by atoms with Gasteiger partial charge in [0.15, 0.2) is 0 Å². The summed E-state index contributed by atoms with van der Waals surface area (Å²) in [5.74, 6) is 1.76. The standard InChI is InChI=1S/C15H28O3/c1-10(2)11-4-6-14(3)13(12(11)8-16)5-7-15(14,18)9-17/h10-13,16-18H,4-9H2,1-3H3/t11-,12-,13-,14+,15+/m1/s1. The Labute approximate surface area is 110 Å². The van der Waals surface area contributed by atoms with Crippen LogP contribution in [0.15, 0.2) is 0 Å². The minimum absolute atomic E-state index is 0.148. The van der Waals surface area contributed by atoms with E-state index in [0.717, 1.165) is 19.3 Å². The molecule has 0 spiro atoms. The van der Waals surface area contributed by atoms with E-state index in [1.54, 1.807) is 0 Å². The SMILES string of the molecule is CC(C)[C@H]1CC[C@@]2(C)[C@H](CC[C@]2(O)CO)[C@@H]1CO. The third-order valence-corrected chi connectivity index (χ3v) is 6.14. The highest BCUT2D eigenvalue weighted by Crippen LogP contribution is 2.61. The fourth-order valence-corrected chi connectivity index (χ4v) is 4.78. The molecule has 0 heterocycles. The lowest BCUT2D eigenvalue weighted by atomic mass is 9.55. The molecule has 0 aromatic rings. The molecule has 0 radical (unpaired) electrons. The highest BCUT2D eigenvalue weighted by Gasteiger charge is 2.60. The van der Waals surface area contributed by atoms with Crippen LogP contribution in [0.2, 0.25) is 0 Å². The summed E-state index contributed by atoms with van der Waals surface area (Å²) < 4.78 is 0. The fourth-order valence-electron chi connectivity index (χ4n) is 4.78. The van der Waals surface area contributed by atoms with E-state index >= 15 is 0 Å². The summed E-state index contributed by atoms with van der Waals surface area (Å²) in [7, 11) is 0. The molecule has 0 bridgehead atoms. The van der Waals surface area contributed by atoms with Crippen LogP contribution < -0.4 is 0 Å². The van der Waals surface area contributed by atoms with Crippen LogP contribution in [0, 0.1) is 29.1 Å². The van der Waals surface area contributed by atoms with E-state index in [0.29, 0.717) is 24.2 Å². The second kappa shape index (κ2) is 4.77. The van der Waals surface area contributed by atoms with Crippen LogP contribution in [0.25, 0.3) is 0 Å². The molecule has 3 N–H and O–H groups in total. The summed E-state index contributed by atoms with van der Waals surface area (Å²) in [5.41, 5.74) is -1.16. The normalized spacial score (nSPS) is 48.5. The molecule has 0 aromatic heterocycles. The van der Waals surface area contributed by atoms with Crippen molar-refractivity contribution in [2.75, 3.05) is 13.2 Å². The lowest BCUT2D eigenvalue weighted by Gasteiger charge is -2.51. The molecule has 2 aliphatic carbocycles. The van der Waals surface area contributed by atoms with E-state index in [-0.39, 0.29) is 24.5 Å². The van der Waals surface area contributed by atoms with Crippen molar-refractivity contribution in [2.45, 2.75) is 52.1 Å². The fraction of sp³-hybridized carbons (Fsp3) is 1.00. The topological polar surface area (TPSA) is 60.7 Å². The van der Waals surface area contributed by atoms with Gasteiger partial charge in [-0.25, -0.2) is 0 Å². The Morgan fingerprint density at radius 3 is 2.33 bits per heavy atom. The lowest BCUT2D eigenvalue weighted by molar-refractivity contribution is -0.139. The number of aliphatic hydroxyl groups excluding tert-OH is 2. The maximum atomic E-state index is 10.7. The molecule has 3 heteroatoms. The van der Waals surface area contributed by atoms with Crippen molar-refractivity contribution in [1.29, 1.82) is 0 Å². The Bertz CT molecular complexity index is 304. The van der Waals surface area contributed by atoms with Gasteiger partial charge in [0.25, 0.3) is 0 Å². The second-order valence-corrected chi connectivity index (χ2v) is 7.05. The molecule has 2 saturated carbocycles. The molecule has 3 nitrogen and oxygen atoms in total. The van der Waals surface area contributed by atoms with E-state index in [2.05, 4.69) is 20.8 Å². The molecular weight excluding hydrogens is 228 g/mol. The number of fused-ring (bicyclic) bond motifs is 1. The molecule has 2 rings (SSSR count). The monoisotopic (exact) mass is 256 g/mol. The van der Waals surface area contributed by atoms with E-state index in [9.17, 15) is 15.3 Å². The van der Waals surface area contributed by atoms with E-state index < -0.39 is 5.60 Å². The zero-order chi connectivity index (χ0) is 13.6. The Balaban J connectivity index is 2.29. The predicted octanol–water partition coefficient (Wildman–Crippen LogP) is 1.80. The van der Waals surface area contributed by atoms with Gasteiger partial charge in [-0.3, -0.25) is 0 Å². The first-order valence-corrected chi connectivity index (χ1v) is 7.33. The molecule has 0 aromatic carbocycles. The summed E-state index contributed by atoms with van der Waals surface area (Å²) in [6, 6.07) is 0. The smallest absolute Gasteiger partial charge is 0.0933 e. The van der Waals surface area contributed by atoms with E-state index in [4.69, 9.17) is 0 Å². The zero-order valence-electron chi connectivity index (χ0n) is 11.9. The Hall–Kier alpha value is -0.120. The molecule has 5 atom stereocenters. The first kappa shape index (κ1) is 14.3. The van der Waals surface area contributed by atoms with E-state index in [1.807, 2.05) is 0 Å². The number of hydrogen-bond donors (Lipinski definition) is 3. The maximum Gasteiger partial charge on any atom is 0.0933 e. The molecular formula is C15H28O3. The molecule has 0 amide bonds. The van der Waals surface area contributed by atoms with Crippen molar-refractivity contribution in [1.82, 2.24) is 0 Å². The van der Waals surface area contributed by atoms with Crippen LogP contribution in [-0.4, -0.2) is 34.1 Å². The molecule has 18 heavy (non-hydrogen) atoms. The van der Waals surface area contributed by atoms with E-state index in [1.165, 1.54) is 0 Å². The van der Waals surface area contributed by atoms with Crippen LogP contribution >= 0.6 is 0 Å². The Morgan fingerprint density at radius 1 is 1.17 bits per heavy atom. The third kappa shape index (κ3) is 1.83. The van der Waals surface area contributed by atoms with Gasteiger partial charge in [-0.1, -0.05) is 20.8 Å². The lowest BCUT2D eigenvalue weighted by Crippen LogP contribution is -2.53. The van der Waals surface area contributed by atoms with Crippen LogP contribution in [-0.2, 0) is 0 Å². The van der Waals surface area contributed by atoms with Gasteiger partial charge in [0.1, 0.15) is 0 Å². The molecule has 2 fully saturated rings. The van der Waals surface area contributed by atoms with Crippen molar-refractivity contribution in [3.05, 3.63) is 0 Å². The van der Waals surface area contributed by atoms with Crippen molar-refractivity contribution < 1.29 is 15.3 Å². The second-order valence-electron chi connectivity index (χ2n) is 7.05. The van der Waals surface area contributed by atoms with Crippen molar-refractivity contribution >= 4 is 0 Å². The highest BCUT2D eigenvalue weighted by atomic mass is 16.3. The molecule has 0 unspecified atom stereocenters. The zero-order valence-corrected chi connectivity index (χ0v) is 11.9. The van der Waals surface area contributed by atoms with Gasteiger partial charge in [-0.05, 0) is 49.4 Å². The molecule has 0 saturated heterocycles. The van der Waals surface area contributed by atoms with Crippen LogP contribution in [0.3, 0.4) is 0 Å². The Morgan fingerprint density at radius 2 is 1.83 bits per heavy atom. The average Bonchev–Trinajstić information content (AvgIpc) is 2.61. The number of rotatable bonds is 3. The number of hydrogen-bond acceptors (Lipinski definition) is 3. The average molecular weight is 256 g/mol.